The number of rotatable bonds is 2. The fourth-order valence-electron chi connectivity index (χ4n) is 3.79. The van der Waals surface area contributed by atoms with E-state index in [1.165, 1.54) is 18.2 Å². The minimum atomic E-state index is -0.504. The Morgan fingerprint density at radius 2 is 1.68 bits per heavy atom. The highest BCUT2D eigenvalue weighted by atomic mass is 19.1. The number of hydrogen-bond donors (Lipinski definition) is 1. The Bertz CT molecular complexity index is 938. The van der Waals surface area contributed by atoms with Crippen LogP contribution in [0.3, 0.4) is 0 Å². The average Bonchev–Trinajstić information content (AvgIpc) is 2.72. The molecular weight excluding hydrogens is 361 g/mol. The Morgan fingerprint density at radius 3 is 2.43 bits per heavy atom. The van der Waals surface area contributed by atoms with Gasteiger partial charge in [-0.05, 0) is 29.8 Å². The molecule has 4 rings (SSSR count). The van der Waals surface area contributed by atoms with Crippen molar-refractivity contribution in [1.29, 1.82) is 0 Å². The molecule has 144 valence electrons. The lowest BCUT2D eigenvalue weighted by atomic mass is 9.89. The van der Waals surface area contributed by atoms with Crippen molar-refractivity contribution in [2.45, 2.75) is 12.3 Å². The van der Waals surface area contributed by atoms with Gasteiger partial charge in [-0.1, -0.05) is 24.3 Å². The Labute approximate surface area is 161 Å². The number of anilines is 1. The summed E-state index contributed by atoms with van der Waals surface area (Å²) in [5.74, 6) is -1.46. The van der Waals surface area contributed by atoms with E-state index in [9.17, 15) is 18.8 Å². The maximum atomic E-state index is 13.4. The van der Waals surface area contributed by atoms with Crippen molar-refractivity contribution in [3.05, 3.63) is 65.5 Å². The van der Waals surface area contributed by atoms with Crippen molar-refractivity contribution >= 4 is 23.4 Å². The van der Waals surface area contributed by atoms with Crippen molar-refractivity contribution in [3.63, 3.8) is 0 Å². The maximum absolute atomic E-state index is 13.4. The minimum absolute atomic E-state index is 0.0971. The normalized spacial score (nSPS) is 19.0. The number of fused-ring (bicyclic) bond motifs is 1. The predicted octanol–water partition coefficient (Wildman–Crippen LogP) is 2.24. The van der Waals surface area contributed by atoms with Crippen LogP contribution in [0.4, 0.5) is 10.1 Å². The fraction of sp³-hybridized carbons (Fsp3) is 0.286. The third-order valence-corrected chi connectivity index (χ3v) is 5.25. The van der Waals surface area contributed by atoms with Crippen molar-refractivity contribution < 1.29 is 18.8 Å². The molecule has 0 aromatic heterocycles. The molecule has 1 atom stereocenters. The predicted molar refractivity (Wildman–Crippen MR) is 101 cm³/mol. The van der Waals surface area contributed by atoms with Crippen molar-refractivity contribution in [1.82, 2.24) is 9.80 Å². The average molecular weight is 381 g/mol. The molecule has 2 aromatic rings. The molecule has 1 fully saturated rings. The molecule has 1 unspecified atom stereocenters. The van der Waals surface area contributed by atoms with Gasteiger partial charge in [0.1, 0.15) is 5.82 Å². The molecule has 28 heavy (non-hydrogen) atoms. The van der Waals surface area contributed by atoms with Gasteiger partial charge >= 0.3 is 0 Å². The topological polar surface area (TPSA) is 69.7 Å². The zero-order chi connectivity index (χ0) is 19.7. The van der Waals surface area contributed by atoms with Crippen LogP contribution in [0.1, 0.15) is 28.3 Å². The Morgan fingerprint density at radius 1 is 0.964 bits per heavy atom. The van der Waals surface area contributed by atoms with Crippen LogP contribution in [-0.2, 0) is 9.59 Å². The number of nitrogens with zero attached hydrogens (tertiary/aromatic N) is 2. The zero-order valence-corrected chi connectivity index (χ0v) is 15.2. The second-order valence-corrected chi connectivity index (χ2v) is 7.02. The van der Waals surface area contributed by atoms with Crippen LogP contribution in [0.15, 0.2) is 48.5 Å². The van der Waals surface area contributed by atoms with Gasteiger partial charge in [-0.2, -0.15) is 0 Å². The number of benzene rings is 2. The van der Waals surface area contributed by atoms with Crippen LogP contribution in [0.5, 0.6) is 0 Å². The number of hydrogen-bond acceptors (Lipinski definition) is 3. The quantitative estimate of drug-likeness (QED) is 0.867. The molecule has 2 aromatic carbocycles. The van der Waals surface area contributed by atoms with Crippen LogP contribution in [0.25, 0.3) is 0 Å². The van der Waals surface area contributed by atoms with Gasteiger partial charge in [0.05, 0.1) is 5.92 Å². The number of nitrogens with one attached hydrogen (secondary N) is 1. The zero-order valence-electron chi connectivity index (χ0n) is 15.2. The van der Waals surface area contributed by atoms with Crippen LogP contribution in [0.2, 0.25) is 0 Å². The van der Waals surface area contributed by atoms with Gasteiger partial charge in [0.15, 0.2) is 0 Å². The first-order chi connectivity index (χ1) is 13.5. The first-order valence-corrected chi connectivity index (χ1v) is 9.25. The second kappa shape index (κ2) is 7.42. The summed E-state index contributed by atoms with van der Waals surface area (Å²) < 4.78 is 13.4. The van der Waals surface area contributed by atoms with Gasteiger partial charge in [0.2, 0.25) is 11.8 Å². The monoisotopic (exact) mass is 381 g/mol. The van der Waals surface area contributed by atoms with Crippen molar-refractivity contribution in [2.24, 2.45) is 0 Å². The molecule has 0 saturated carbocycles. The molecule has 7 heteroatoms. The Hall–Kier alpha value is -3.22. The lowest BCUT2D eigenvalue weighted by Crippen LogP contribution is -2.52. The summed E-state index contributed by atoms with van der Waals surface area (Å²) in [5.41, 5.74) is 1.81. The van der Waals surface area contributed by atoms with E-state index >= 15 is 0 Å². The summed E-state index contributed by atoms with van der Waals surface area (Å²) in [7, 11) is 0. The second-order valence-electron chi connectivity index (χ2n) is 7.02. The smallest absolute Gasteiger partial charge is 0.254 e. The number of halogens is 1. The standard InChI is InChI=1S/C21H20FN3O3/c22-15-5-3-4-14(12-15)20(27)24-8-10-25(11-9-24)21(28)17-13-19(26)23-18-7-2-1-6-16(17)18/h1-7,12,17H,8-11,13H2,(H,23,26). The van der Waals surface area contributed by atoms with Crippen molar-refractivity contribution in [2.75, 3.05) is 31.5 Å². The number of piperazine rings is 1. The molecule has 0 radical (unpaired) electrons. The Balaban J connectivity index is 1.43. The SMILES string of the molecule is O=C1CC(C(=O)N2CCN(C(=O)c3cccc(F)c3)CC2)c2ccccc2N1. The molecule has 2 aliphatic heterocycles. The van der Waals surface area contributed by atoms with E-state index in [0.717, 1.165) is 5.56 Å². The molecule has 2 aliphatic rings. The summed E-state index contributed by atoms with van der Waals surface area (Å²) in [6.45, 7) is 1.53. The lowest BCUT2D eigenvalue weighted by Gasteiger charge is -2.37. The van der Waals surface area contributed by atoms with Gasteiger partial charge in [-0.15, -0.1) is 0 Å². The summed E-state index contributed by atoms with van der Waals surface area (Å²) >= 11 is 0. The molecule has 0 aliphatic carbocycles. The van der Waals surface area contributed by atoms with E-state index in [0.29, 0.717) is 37.4 Å². The highest BCUT2D eigenvalue weighted by Gasteiger charge is 2.35. The summed E-state index contributed by atoms with van der Waals surface area (Å²) in [6, 6.07) is 12.9. The largest absolute Gasteiger partial charge is 0.339 e. The minimum Gasteiger partial charge on any atom is -0.339 e. The highest BCUT2D eigenvalue weighted by Crippen LogP contribution is 2.33. The summed E-state index contributed by atoms with van der Waals surface area (Å²) in [6.07, 6.45) is 0.123. The summed E-state index contributed by atoms with van der Waals surface area (Å²) in [4.78, 5) is 40.9. The fourth-order valence-corrected chi connectivity index (χ4v) is 3.79. The van der Waals surface area contributed by atoms with E-state index in [1.54, 1.807) is 21.9 Å². The molecule has 1 saturated heterocycles. The molecule has 2 heterocycles. The van der Waals surface area contributed by atoms with Gasteiger partial charge in [0, 0.05) is 43.9 Å². The van der Waals surface area contributed by atoms with E-state index < -0.39 is 11.7 Å². The maximum Gasteiger partial charge on any atom is 0.254 e. The van der Waals surface area contributed by atoms with E-state index in [2.05, 4.69) is 5.32 Å². The number of amides is 3. The van der Waals surface area contributed by atoms with E-state index in [1.807, 2.05) is 18.2 Å². The molecular formula is C21H20FN3O3. The van der Waals surface area contributed by atoms with E-state index in [4.69, 9.17) is 0 Å². The van der Waals surface area contributed by atoms with Gasteiger partial charge in [0.25, 0.3) is 5.91 Å². The third-order valence-electron chi connectivity index (χ3n) is 5.25. The number of carbonyl (C=O) groups is 3. The van der Waals surface area contributed by atoms with Crippen LogP contribution in [-0.4, -0.2) is 53.7 Å². The molecule has 0 bridgehead atoms. The lowest BCUT2D eigenvalue weighted by molar-refractivity contribution is -0.136. The summed E-state index contributed by atoms with van der Waals surface area (Å²) in [5, 5.41) is 2.80. The number of para-hydroxylation sites is 1. The first-order valence-electron chi connectivity index (χ1n) is 9.25. The highest BCUT2D eigenvalue weighted by molar-refractivity contribution is 6.01. The molecule has 3 amide bonds. The molecule has 0 spiro atoms. The van der Waals surface area contributed by atoms with Gasteiger partial charge in [-0.3, -0.25) is 14.4 Å². The van der Waals surface area contributed by atoms with Crippen molar-refractivity contribution in [3.8, 4) is 0 Å². The Kier molecular flexibility index (Phi) is 4.81. The van der Waals surface area contributed by atoms with Crippen LogP contribution < -0.4 is 5.32 Å². The van der Waals surface area contributed by atoms with Gasteiger partial charge in [-0.25, -0.2) is 4.39 Å². The van der Waals surface area contributed by atoms with E-state index in [-0.39, 0.29) is 24.1 Å². The molecule has 1 N–H and O–H groups in total. The third kappa shape index (κ3) is 3.47. The first kappa shape index (κ1) is 18.2. The van der Waals surface area contributed by atoms with Gasteiger partial charge < -0.3 is 15.1 Å². The van der Waals surface area contributed by atoms with Crippen LogP contribution in [0, 0.1) is 5.82 Å². The number of carbonyl (C=O) groups excluding carboxylic acids is 3. The van der Waals surface area contributed by atoms with Crippen LogP contribution >= 0.6 is 0 Å². The molecule has 6 nitrogen and oxygen atoms in total.